The fourth-order valence-corrected chi connectivity index (χ4v) is 1.54. The molecule has 0 aliphatic carbocycles. The van der Waals surface area contributed by atoms with Gasteiger partial charge >= 0.3 is 0 Å². The van der Waals surface area contributed by atoms with Crippen molar-refractivity contribution < 1.29 is 4.79 Å². The van der Waals surface area contributed by atoms with Gasteiger partial charge in [0, 0.05) is 11.3 Å². The molecule has 1 amide bonds. The largest absolute Gasteiger partial charge is 0.322 e. The highest BCUT2D eigenvalue weighted by Crippen LogP contribution is 2.21. The van der Waals surface area contributed by atoms with Crippen molar-refractivity contribution in [3.63, 3.8) is 0 Å². The van der Waals surface area contributed by atoms with Crippen molar-refractivity contribution in [1.82, 2.24) is 5.32 Å². The van der Waals surface area contributed by atoms with Crippen molar-refractivity contribution in [3.8, 4) is 0 Å². The average Bonchev–Trinajstić information content (AvgIpc) is 2.48. The summed E-state index contributed by atoms with van der Waals surface area (Å²) in [6, 6.07) is 9.97. The van der Waals surface area contributed by atoms with E-state index in [0.29, 0.717) is 0 Å². The molecule has 1 aromatic carbocycles. The van der Waals surface area contributed by atoms with Gasteiger partial charge in [-0.25, -0.2) is 0 Å². The van der Waals surface area contributed by atoms with Gasteiger partial charge in [-0.2, -0.15) is 0 Å². The van der Waals surface area contributed by atoms with Gasteiger partial charge in [0.1, 0.15) is 0 Å². The third kappa shape index (κ3) is 1.84. The van der Waals surface area contributed by atoms with Gasteiger partial charge in [0.05, 0.1) is 0 Å². The number of hydrogen-bond donors (Lipinski definition) is 1. The van der Waals surface area contributed by atoms with Crippen LogP contribution in [0.3, 0.4) is 0 Å². The van der Waals surface area contributed by atoms with Crippen LogP contribution in [0.5, 0.6) is 0 Å². The lowest BCUT2D eigenvalue weighted by atomic mass is 10.1. The molecule has 0 radical (unpaired) electrons. The normalized spacial score (nSPS) is 18.5. The van der Waals surface area contributed by atoms with Crippen LogP contribution in [-0.2, 0) is 4.79 Å². The molecule has 0 spiro atoms. The Morgan fingerprint density at radius 3 is 2.27 bits per heavy atom. The zero-order valence-electron chi connectivity index (χ0n) is 8.87. The molecule has 0 unspecified atom stereocenters. The quantitative estimate of drug-likeness (QED) is 0.739. The summed E-state index contributed by atoms with van der Waals surface area (Å²) < 4.78 is 0. The number of amides is 1. The number of allylic oxidation sites excluding steroid dienone is 1. The minimum atomic E-state index is 0.00896. The number of carbonyl (C=O) groups excluding carboxylic acids is 1. The molecule has 1 aromatic rings. The summed E-state index contributed by atoms with van der Waals surface area (Å²) in [5, 5.41) is 2.85. The number of hydrogen-bond acceptors (Lipinski definition) is 1. The van der Waals surface area contributed by atoms with E-state index in [1.54, 1.807) is 0 Å². The molecule has 2 heteroatoms. The van der Waals surface area contributed by atoms with Crippen LogP contribution >= 0.6 is 0 Å². The Morgan fingerprint density at radius 1 is 1.07 bits per heavy atom. The molecule has 1 aliphatic heterocycles. The van der Waals surface area contributed by atoms with Crippen LogP contribution < -0.4 is 5.32 Å². The molecule has 1 N–H and O–H groups in total. The highest BCUT2D eigenvalue weighted by atomic mass is 16.1. The van der Waals surface area contributed by atoms with Gasteiger partial charge in [-0.05, 0) is 31.1 Å². The van der Waals surface area contributed by atoms with Crippen LogP contribution in [0.15, 0.2) is 47.2 Å². The van der Waals surface area contributed by atoms with E-state index >= 15 is 0 Å². The van der Waals surface area contributed by atoms with Crippen molar-refractivity contribution in [3.05, 3.63) is 52.7 Å². The molecule has 2 rings (SSSR count). The van der Waals surface area contributed by atoms with Gasteiger partial charge in [0.15, 0.2) is 0 Å². The molecule has 1 aliphatic rings. The van der Waals surface area contributed by atoms with E-state index in [2.05, 4.69) is 5.32 Å². The number of rotatable bonds is 1. The molecular formula is C13H13NO. The second-order valence-corrected chi connectivity index (χ2v) is 3.67. The predicted molar refractivity (Wildman–Crippen MR) is 60.9 cm³/mol. The van der Waals surface area contributed by atoms with Crippen molar-refractivity contribution in [1.29, 1.82) is 0 Å². The summed E-state index contributed by atoms with van der Waals surface area (Å²) in [6.45, 7) is 3.80. The van der Waals surface area contributed by atoms with Gasteiger partial charge in [0.25, 0.3) is 5.91 Å². The lowest BCUT2D eigenvalue weighted by Gasteiger charge is -2.00. The highest BCUT2D eigenvalue weighted by Gasteiger charge is 2.19. The summed E-state index contributed by atoms with van der Waals surface area (Å²) in [5.41, 5.74) is 3.84. The molecule has 0 fully saturated rings. The Hall–Kier alpha value is -1.83. The SMILES string of the molecule is CC1=C(C)C(=Cc2ccccc2)NC1=O. The molecule has 15 heavy (non-hydrogen) atoms. The Bertz CT molecular complexity index is 455. The lowest BCUT2D eigenvalue weighted by molar-refractivity contribution is -0.116. The minimum absolute atomic E-state index is 0.00896. The minimum Gasteiger partial charge on any atom is -0.322 e. The van der Waals surface area contributed by atoms with E-state index in [1.165, 1.54) is 0 Å². The van der Waals surface area contributed by atoms with Gasteiger partial charge < -0.3 is 5.32 Å². The first-order chi connectivity index (χ1) is 7.18. The van der Waals surface area contributed by atoms with Crippen molar-refractivity contribution in [2.45, 2.75) is 13.8 Å². The molecule has 0 atom stereocenters. The number of benzene rings is 1. The predicted octanol–water partition coefficient (Wildman–Crippen LogP) is 2.49. The Labute approximate surface area is 89.3 Å². The Balaban J connectivity index is 2.35. The topological polar surface area (TPSA) is 29.1 Å². The molecule has 1 heterocycles. The van der Waals surface area contributed by atoms with Crippen molar-refractivity contribution >= 4 is 12.0 Å². The second kappa shape index (κ2) is 3.73. The smallest absolute Gasteiger partial charge is 0.251 e. The van der Waals surface area contributed by atoms with E-state index in [9.17, 15) is 4.79 Å². The fourth-order valence-electron chi connectivity index (χ4n) is 1.54. The summed E-state index contributed by atoms with van der Waals surface area (Å²) in [6.07, 6.45) is 1.99. The molecule has 0 bridgehead atoms. The first-order valence-corrected chi connectivity index (χ1v) is 4.94. The van der Waals surface area contributed by atoms with Gasteiger partial charge in [0.2, 0.25) is 0 Å². The van der Waals surface area contributed by atoms with Gasteiger partial charge in [-0.1, -0.05) is 30.3 Å². The zero-order valence-corrected chi connectivity index (χ0v) is 8.87. The number of nitrogens with one attached hydrogen (secondary N) is 1. The first-order valence-electron chi connectivity index (χ1n) is 4.94. The maximum atomic E-state index is 11.4. The second-order valence-electron chi connectivity index (χ2n) is 3.67. The maximum absolute atomic E-state index is 11.4. The summed E-state index contributed by atoms with van der Waals surface area (Å²) in [5.74, 6) is 0.00896. The Morgan fingerprint density at radius 2 is 1.73 bits per heavy atom. The van der Waals surface area contributed by atoms with Gasteiger partial charge in [-0.15, -0.1) is 0 Å². The number of carbonyl (C=O) groups is 1. The monoisotopic (exact) mass is 199 g/mol. The molecule has 0 aromatic heterocycles. The zero-order chi connectivity index (χ0) is 10.8. The maximum Gasteiger partial charge on any atom is 0.251 e. The first kappa shape index (κ1) is 9.71. The van der Waals surface area contributed by atoms with E-state index < -0.39 is 0 Å². The van der Waals surface area contributed by atoms with Crippen molar-refractivity contribution in [2.75, 3.05) is 0 Å². The molecule has 76 valence electrons. The Kier molecular flexibility index (Phi) is 2.42. The summed E-state index contributed by atoms with van der Waals surface area (Å²) in [4.78, 5) is 11.4. The van der Waals surface area contributed by atoms with E-state index in [0.717, 1.165) is 22.4 Å². The van der Waals surface area contributed by atoms with E-state index in [1.807, 2.05) is 50.3 Å². The van der Waals surface area contributed by atoms with Crippen LogP contribution in [0, 0.1) is 0 Å². The van der Waals surface area contributed by atoms with Crippen molar-refractivity contribution in [2.24, 2.45) is 0 Å². The highest BCUT2D eigenvalue weighted by molar-refractivity contribution is 6.00. The molecule has 0 saturated carbocycles. The fraction of sp³-hybridized carbons (Fsp3) is 0.154. The average molecular weight is 199 g/mol. The standard InChI is InChI=1S/C13H13NO/c1-9-10(2)13(15)14-12(9)8-11-6-4-3-5-7-11/h3-8H,1-2H3,(H,14,15). The van der Waals surface area contributed by atoms with Crippen LogP contribution in [-0.4, -0.2) is 5.91 Å². The summed E-state index contributed by atoms with van der Waals surface area (Å²) in [7, 11) is 0. The van der Waals surface area contributed by atoms with E-state index in [4.69, 9.17) is 0 Å². The van der Waals surface area contributed by atoms with Crippen LogP contribution in [0.25, 0.3) is 6.08 Å². The third-order valence-electron chi connectivity index (χ3n) is 2.67. The molecule has 2 nitrogen and oxygen atoms in total. The van der Waals surface area contributed by atoms with Crippen LogP contribution in [0.1, 0.15) is 19.4 Å². The molecule has 0 saturated heterocycles. The van der Waals surface area contributed by atoms with Crippen LogP contribution in [0.2, 0.25) is 0 Å². The summed E-state index contributed by atoms with van der Waals surface area (Å²) >= 11 is 0. The van der Waals surface area contributed by atoms with Crippen LogP contribution in [0.4, 0.5) is 0 Å². The lowest BCUT2D eigenvalue weighted by Crippen LogP contribution is -2.15. The molecular weight excluding hydrogens is 186 g/mol. The third-order valence-corrected chi connectivity index (χ3v) is 2.67. The van der Waals surface area contributed by atoms with Gasteiger partial charge in [-0.3, -0.25) is 4.79 Å². The van der Waals surface area contributed by atoms with E-state index in [-0.39, 0.29) is 5.91 Å².